The summed E-state index contributed by atoms with van der Waals surface area (Å²) >= 11 is 9.25. The number of ether oxygens (including phenoxy) is 1. The van der Waals surface area contributed by atoms with Gasteiger partial charge in [0.1, 0.15) is 5.75 Å². The van der Waals surface area contributed by atoms with Gasteiger partial charge in [-0.05, 0) is 54.6 Å². The normalized spacial score (nSPS) is 15.8. The molecule has 4 rings (SSSR count). The van der Waals surface area contributed by atoms with Crippen LogP contribution in [-0.2, 0) is 14.8 Å². The average molecular weight is 508 g/mol. The van der Waals surface area contributed by atoms with Gasteiger partial charge in [-0.3, -0.25) is 9.10 Å². The van der Waals surface area contributed by atoms with E-state index in [1.165, 1.54) is 28.6 Å². The van der Waals surface area contributed by atoms with Crippen molar-refractivity contribution in [1.29, 1.82) is 0 Å². The number of anilines is 2. The van der Waals surface area contributed by atoms with E-state index in [0.29, 0.717) is 22.1 Å². The van der Waals surface area contributed by atoms with E-state index in [1.807, 2.05) is 6.07 Å². The van der Waals surface area contributed by atoms with Crippen LogP contribution in [0.4, 0.5) is 11.4 Å². The fourth-order valence-electron chi connectivity index (χ4n) is 3.09. The third-order valence-corrected chi connectivity index (χ3v) is 7.06. The first-order valence-corrected chi connectivity index (χ1v) is 11.6. The summed E-state index contributed by atoms with van der Waals surface area (Å²) in [5.74, 6) is -0.130. The highest BCUT2D eigenvalue weighted by Crippen LogP contribution is 2.37. The smallest absolute Gasteiger partial charge is 0.267 e. The number of benzene rings is 3. The summed E-state index contributed by atoms with van der Waals surface area (Å²) in [5.41, 5.74) is 0.947. The Labute approximate surface area is 187 Å². The summed E-state index contributed by atoms with van der Waals surface area (Å²) in [6, 6.07) is 19.7. The zero-order chi connectivity index (χ0) is 21.3. The molecule has 1 heterocycles. The lowest BCUT2D eigenvalue weighted by atomic mass is 10.2. The molecule has 0 fully saturated rings. The molecular formula is C21H16BrClN2O4S. The lowest BCUT2D eigenvalue weighted by molar-refractivity contribution is -0.122. The number of fused-ring (bicyclic) bond motifs is 1. The second-order valence-corrected chi connectivity index (χ2v) is 9.78. The van der Waals surface area contributed by atoms with Crippen molar-refractivity contribution >= 4 is 54.8 Å². The second kappa shape index (κ2) is 8.29. The Morgan fingerprint density at radius 1 is 1.07 bits per heavy atom. The van der Waals surface area contributed by atoms with E-state index in [0.717, 1.165) is 4.47 Å². The van der Waals surface area contributed by atoms with Crippen LogP contribution in [0, 0.1) is 0 Å². The summed E-state index contributed by atoms with van der Waals surface area (Å²) < 4.78 is 34.5. The number of nitrogens with zero attached hydrogens (tertiary/aromatic N) is 1. The highest BCUT2D eigenvalue weighted by atomic mass is 79.9. The molecule has 0 radical (unpaired) electrons. The molecule has 9 heteroatoms. The van der Waals surface area contributed by atoms with Gasteiger partial charge in [-0.2, -0.15) is 0 Å². The molecule has 30 heavy (non-hydrogen) atoms. The van der Waals surface area contributed by atoms with E-state index >= 15 is 0 Å². The standard InChI is InChI=1S/C21H16BrClN2O4S/c22-14-4-3-5-16(12-14)24-21(26)20-13-25(18-6-1-2-7-19(18)29-20)30(27,28)17-10-8-15(23)9-11-17/h1-12,20H,13H2,(H,24,26). The highest BCUT2D eigenvalue weighted by Gasteiger charge is 2.37. The van der Waals surface area contributed by atoms with E-state index in [9.17, 15) is 13.2 Å². The van der Waals surface area contributed by atoms with Gasteiger partial charge in [-0.25, -0.2) is 8.42 Å². The van der Waals surface area contributed by atoms with E-state index < -0.39 is 22.0 Å². The van der Waals surface area contributed by atoms with Crippen LogP contribution >= 0.6 is 27.5 Å². The van der Waals surface area contributed by atoms with Crippen LogP contribution in [0.5, 0.6) is 5.75 Å². The van der Waals surface area contributed by atoms with Gasteiger partial charge in [0.05, 0.1) is 17.1 Å². The molecule has 0 bridgehead atoms. The number of rotatable bonds is 4. The Hall–Kier alpha value is -2.55. The van der Waals surface area contributed by atoms with Gasteiger partial charge in [0.15, 0.2) is 6.10 Å². The van der Waals surface area contributed by atoms with Crippen LogP contribution < -0.4 is 14.4 Å². The molecule has 1 unspecified atom stereocenters. The third-order valence-electron chi connectivity index (χ3n) is 4.52. The summed E-state index contributed by atoms with van der Waals surface area (Å²) in [6.07, 6.45) is -1.03. The van der Waals surface area contributed by atoms with Crippen molar-refractivity contribution in [2.75, 3.05) is 16.2 Å². The molecule has 1 amide bonds. The molecule has 3 aromatic rings. The summed E-state index contributed by atoms with van der Waals surface area (Å²) in [6.45, 7) is -0.165. The minimum absolute atomic E-state index is 0.0785. The number of hydrogen-bond donors (Lipinski definition) is 1. The predicted molar refractivity (Wildman–Crippen MR) is 120 cm³/mol. The van der Waals surface area contributed by atoms with Crippen LogP contribution in [0.25, 0.3) is 0 Å². The lowest BCUT2D eigenvalue weighted by Crippen LogP contribution is -2.48. The predicted octanol–water partition coefficient (Wildman–Crippen LogP) is 4.70. The van der Waals surface area contributed by atoms with E-state index in [2.05, 4.69) is 21.2 Å². The van der Waals surface area contributed by atoms with Crippen LogP contribution in [0.15, 0.2) is 82.2 Å². The largest absolute Gasteiger partial charge is 0.476 e. The zero-order valence-corrected chi connectivity index (χ0v) is 18.6. The van der Waals surface area contributed by atoms with Crippen molar-refractivity contribution in [3.8, 4) is 5.75 Å². The van der Waals surface area contributed by atoms with Gasteiger partial charge in [0.2, 0.25) is 0 Å². The lowest BCUT2D eigenvalue weighted by Gasteiger charge is -2.34. The molecule has 0 saturated carbocycles. The molecule has 1 aliphatic heterocycles. The Bertz CT molecular complexity index is 1200. The van der Waals surface area contributed by atoms with Gasteiger partial charge < -0.3 is 10.1 Å². The van der Waals surface area contributed by atoms with E-state index in [4.69, 9.17) is 16.3 Å². The van der Waals surface area contributed by atoms with Crippen molar-refractivity contribution in [3.63, 3.8) is 0 Å². The number of para-hydroxylation sites is 2. The Morgan fingerprint density at radius 3 is 2.53 bits per heavy atom. The summed E-state index contributed by atoms with van der Waals surface area (Å²) in [4.78, 5) is 12.9. The molecular weight excluding hydrogens is 492 g/mol. The molecule has 0 spiro atoms. The molecule has 0 aliphatic carbocycles. The van der Waals surface area contributed by atoms with Gasteiger partial charge in [-0.1, -0.05) is 45.7 Å². The topological polar surface area (TPSA) is 75.7 Å². The van der Waals surface area contributed by atoms with Crippen LogP contribution in [0.3, 0.4) is 0 Å². The van der Waals surface area contributed by atoms with Crippen LogP contribution in [-0.4, -0.2) is 27.0 Å². The first-order valence-electron chi connectivity index (χ1n) is 8.95. The number of amides is 1. The van der Waals surface area contributed by atoms with Crippen molar-refractivity contribution in [3.05, 3.63) is 82.3 Å². The fraction of sp³-hybridized carbons (Fsp3) is 0.0952. The average Bonchev–Trinajstić information content (AvgIpc) is 2.73. The highest BCUT2D eigenvalue weighted by molar-refractivity contribution is 9.10. The van der Waals surface area contributed by atoms with E-state index in [-0.39, 0.29) is 11.4 Å². The van der Waals surface area contributed by atoms with Crippen molar-refractivity contribution in [2.45, 2.75) is 11.0 Å². The third kappa shape index (κ3) is 4.16. The maximum absolute atomic E-state index is 13.3. The number of hydrogen-bond acceptors (Lipinski definition) is 4. The molecule has 0 aromatic heterocycles. The van der Waals surface area contributed by atoms with Crippen molar-refractivity contribution < 1.29 is 17.9 Å². The van der Waals surface area contributed by atoms with E-state index in [1.54, 1.807) is 42.5 Å². The molecule has 3 aromatic carbocycles. The quantitative estimate of drug-likeness (QED) is 0.555. The van der Waals surface area contributed by atoms with Gasteiger partial charge in [-0.15, -0.1) is 0 Å². The SMILES string of the molecule is O=C(Nc1cccc(Br)c1)C1CN(S(=O)(=O)c2ccc(Cl)cc2)c2ccccc2O1. The molecule has 1 aliphatic rings. The first-order chi connectivity index (χ1) is 14.3. The number of nitrogens with one attached hydrogen (secondary N) is 1. The number of carbonyl (C=O) groups excluding carboxylic acids is 1. The van der Waals surface area contributed by atoms with Crippen molar-refractivity contribution in [1.82, 2.24) is 0 Å². The molecule has 1 N–H and O–H groups in total. The van der Waals surface area contributed by atoms with Gasteiger partial charge in [0, 0.05) is 15.2 Å². The Balaban J connectivity index is 1.67. The molecule has 154 valence electrons. The minimum Gasteiger partial charge on any atom is -0.476 e. The number of carbonyl (C=O) groups is 1. The molecule has 0 saturated heterocycles. The van der Waals surface area contributed by atoms with Gasteiger partial charge >= 0.3 is 0 Å². The molecule has 6 nitrogen and oxygen atoms in total. The van der Waals surface area contributed by atoms with Crippen LogP contribution in [0.2, 0.25) is 5.02 Å². The van der Waals surface area contributed by atoms with Crippen molar-refractivity contribution in [2.24, 2.45) is 0 Å². The second-order valence-electron chi connectivity index (χ2n) is 6.56. The monoisotopic (exact) mass is 506 g/mol. The Morgan fingerprint density at radius 2 is 1.80 bits per heavy atom. The number of halogens is 2. The fourth-order valence-corrected chi connectivity index (χ4v) is 5.09. The minimum atomic E-state index is -3.93. The summed E-state index contributed by atoms with van der Waals surface area (Å²) in [5, 5.41) is 3.20. The zero-order valence-electron chi connectivity index (χ0n) is 15.5. The maximum Gasteiger partial charge on any atom is 0.267 e. The first kappa shape index (κ1) is 20.7. The summed E-state index contributed by atoms with van der Waals surface area (Å²) in [7, 11) is -3.93. The Kier molecular flexibility index (Phi) is 5.73. The maximum atomic E-state index is 13.3. The molecule has 1 atom stereocenters. The van der Waals surface area contributed by atoms with Gasteiger partial charge in [0.25, 0.3) is 15.9 Å². The number of sulfonamides is 1. The van der Waals surface area contributed by atoms with Crippen LogP contribution in [0.1, 0.15) is 0 Å².